The van der Waals surface area contributed by atoms with Crippen LogP contribution in [0.1, 0.15) is 30.9 Å². The predicted molar refractivity (Wildman–Crippen MR) is 53.5 cm³/mol. The molecule has 0 heterocycles. The van der Waals surface area contributed by atoms with Crippen LogP contribution in [0.5, 0.6) is 5.75 Å². The predicted octanol–water partition coefficient (Wildman–Crippen LogP) is 1.32. The number of phosphoric ester groups is 1. The molecular formula is C10H13O4PZn. The summed E-state index contributed by atoms with van der Waals surface area (Å²) in [5, 5.41) is 0. The molecular weight excluding hydrogens is 280 g/mol. The molecule has 4 nitrogen and oxygen atoms in total. The van der Waals surface area contributed by atoms with Crippen LogP contribution in [0.4, 0.5) is 0 Å². The van der Waals surface area contributed by atoms with Gasteiger partial charge in [-0.25, -0.2) is 0 Å². The zero-order valence-corrected chi connectivity index (χ0v) is 13.5. The molecule has 0 N–H and O–H groups in total. The molecule has 0 aromatic heterocycles. The fraction of sp³-hybridized carbons (Fsp3) is 0.400. The van der Waals surface area contributed by atoms with E-state index in [4.69, 9.17) is 0 Å². The zero-order valence-electron chi connectivity index (χ0n) is 9.60. The molecule has 1 aromatic carbocycles. The Morgan fingerprint density at radius 1 is 1.31 bits per heavy atom. The average molecular weight is 294 g/mol. The second-order valence-corrected chi connectivity index (χ2v) is 4.81. The van der Waals surface area contributed by atoms with Gasteiger partial charge in [-0.3, -0.25) is 0 Å². The van der Waals surface area contributed by atoms with Crippen LogP contribution in [0, 0.1) is 6.92 Å². The van der Waals surface area contributed by atoms with Gasteiger partial charge < -0.3 is 18.9 Å². The summed E-state index contributed by atoms with van der Waals surface area (Å²) in [5.41, 5.74) is 1.57. The summed E-state index contributed by atoms with van der Waals surface area (Å²) < 4.78 is 15.0. The fourth-order valence-corrected chi connectivity index (χ4v) is 1.72. The summed E-state index contributed by atoms with van der Waals surface area (Å²) in [5.74, 6) is 0.241. The molecule has 0 aliphatic rings. The van der Waals surface area contributed by atoms with Crippen LogP contribution < -0.4 is 14.3 Å². The standard InChI is InChI=1S/C10H15O4P.Zn/c1-7(2)9-5-4-8(3)6-10(9)14-15(11,12)13;/h4-7H,1-3H3,(H2,11,12,13);/q;+2/p-2. The van der Waals surface area contributed by atoms with Crippen molar-refractivity contribution >= 4 is 7.82 Å². The Kier molecular flexibility index (Phi) is 5.85. The topological polar surface area (TPSA) is 72.4 Å². The van der Waals surface area contributed by atoms with Gasteiger partial charge in [0.05, 0.1) is 0 Å². The number of phosphoric acid groups is 1. The molecule has 0 bridgehead atoms. The molecule has 0 unspecified atom stereocenters. The monoisotopic (exact) mass is 292 g/mol. The molecule has 0 saturated carbocycles. The maximum absolute atomic E-state index is 10.5. The van der Waals surface area contributed by atoms with Crippen LogP contribution in [-0.2, 0) is 24.0 Å². The third kappa shape index (κ3) is 4.75. The van der Waals surface area contributed by atoms with Gasteiger partial charge in [0, 0.05) is 0 Å². The van der Waals surface area contributed by atoms with E-state index in [2.05, 4.69) is 4.52 Å². The van der Waals surface area contributed by atoms with Crippen molar-refractivity contribution in [1.29, 1.82) is 0 Å². The summed E-state index contributed by atoms with van der Waals surface area (Å²) in [6.45, 7) is 5.60. The first-order valence-corrected chi connectivity index (χ1v) is 6.08. The van der Waals surface area contributed by atoms with Gasteiger partial charge in [-0.2, -0.15) is 0 Å². The van der Waals surface area contributed by atoms with Crippen molar-refractivity contribution in [2.24, 2.45) is 0 Å². The van der Waals surface area contributed by atoms with Gasteiger partial charge in [-0.05, 0) is 30.0 Å². The quantitative estimate of drug-likeness (QED) is 0.622. The van der Waals surface area contributed by atoms with E-state index in [1.165, 1.54) is 0 Å². The minimum atomic E-state index is -4.97. The SMILES string of the molecule is Cc1ccc(C(C)C)c(OP(=O)([O-])[O-])c1.[Zn+2]. The molecule has 84 valence electrons. The van der Waals surface area contributed by atoms with E-state index in [-0.39, 0.29) is 31.1 Å². The van der Waals surface area contributed by atoms with Crippen LogP contribution in [0.2, 0.25) is 0 Å². The van der Waals surface area contributed by atoms with Crippen molar-refractivity contribution in [2.45, 2.75) is 26.7 Å². The molecule has 0 spiro atoms. The largest absolute Gasteiger partial charge is 2.00 e. The van der Waals surface area contributed by atoms with Gasteiger partial charge in [0.1, 0.15) is 13.6 Å². The third-order valence-electron chi connectivity index (χ3n) is 2.00. The van der Waals surface area contributed by atoms with E-state index < -0.39 is 7.82 Å². The summed E-state index contributed by atoms with van der Waals surface area (Å²) in [4.78, 5) is 21.1. The van der Waals surface area contributed by atoms with Crippen LogP contribution in [-0.4, -0.2) is 0 Å². The molecule has 0 atom stereocenters. The Hall–Kier alpha value is -0.207. The van der Waals surface area contributed by atoms with Crippen molar-refractivity contribution < 1.29 is 38.4 Å². The Labute approximate surface area is 108 Å². The van der Waals surface area contributed by atoms with Gasteiger partial charge in [0.25, 0.3) is 0 Å². The van der Waals surface area contributed by atoms with E-state index in [1.54, 1.807) is 19.1 Å². The fourth-order valence-electron chi connectivity index (χ4n) is 1.32. The average Bonchev–Trinajstić information content (AvgIpc) is 1.99. The van der Waals surface area contributed by atoms with Crippen LogP contribution in [0.15, 0.2) is 18.2 Å². The Morgan fingerprint density at radius 2 is 1.88 bits per heavy atom. The molecule has 0 amide bonds. The maximum atomic E-state index is 10.5. The summed E-state index contributed by atoms with van der Waals surface area (Å²) in [6.07, 6.45) is 0. The van der Waals surface area contributed by atoms with E-state index in [0.717, 1.165) is 5.56 Å². The molecule has 0 aliphatic carbocycles. The van der Waals surface area contributed by atoms with Crippen molar-refractivity contribution in [2.75, 3.05) is 0 Å². The van der Waals surface area contributed by atoms with Gasteiger partial charge in [-0.15, -0.1) is 0 Å². The van der Waals surface area contributed by atoms with Crippen molar-refractivity contribution in [3.05, 3.63) is 29.3 Å². The molecule has 0 radical (unpaired) electrons. The van der Waals surface area contributed by atoms with Crippen LogP contribution in [0.25, 0.3) is 0 Å². The van der Waals surface area contributed by atoms with Gasteiger partial charge in [-0.1, -0.05) is 26.0 Å². The Balaban J connectivity index is 0.00000225. The number of aryl methyl sites for hydroxylation is 1. The first-order valence-electron chi connectivity index (χ1n) is 4.62. The van der Waals surface area contributed by atoms with E-state index in [1.807, 2.05) is 19.9 Å². The van der Waals surface area contributed by atoms with E-state index in [0.29, 0.717) is 5.56 Å². The molecule has 0 fully saturated rings. The summed E-state index contributed by atoms with van der Waals surface area (Å²) >= 11 is 0. The maximum Gasteiger partial charge on any atom is 2.00 e. The van der Waals surface area contributed by atoms with Gasteiger partial charge in [0.2, 0.25) is 0 Å². The van der Waals surface area contributed by atoms with Gasteiger partial charge in [0.15, 0.2) is 0 Å². The second-order valence-electron chi connectivity index (χ2n) is 3.73. The number of hydrogen-bond donors (Lipinski definition) is 0. The molecule has 0 saturated heterocycles. The molecule has 16 heavy (non-hydrogen) atoms. The minimum Gasteiger partial charge on any atom is -0.780 e. The normalized spacial score (nSPS) is 11.1. The van der Waals surface area contributed by atoms with E-state index in [9.17, 15) is 14.4 Å². The first kappa shape index (κ1) is 15.8. The molecule has 1 aromatic rings. The summed E-state index contributed by atoms with van der Waals surface area (Å²) in [6, 6.07) is 5.17. The minimum absolute atomic E-state index is 0. The molecule has 6 heteroatoms. The third-order valence-corrected chi connectivity index (χ3v) is 2.42. The van der Waals surface area contributed by atoms with Gasteiger partial charge >= 0.3 is 19.5 Å². The Morgan fingerprint density at radius 3 is 2.31 bits per heavy atom. The summed E-state index contributed by atoms with van der Waals surface area (Å²) in [7, 11) is -4.97. The zero-order chi connectivity index (χ0) is 11.6. The first-order chi connectivity index (χ1) is 6.79. The van der Waals surface area contributed by atoms with Crippen LogP contribution in [0.3, 0.4) is 0 Å². The molecule has 0 aliphatic heterocycles. The number of benzene rings is 1. The second kappa shape index (κ2) is 5.93. The van der Waals surface area contributed by atoms with E-state index >= 15 is 0 Å². The smallest absolute Gasteiger partial charge is 0.780 e. The van der Waals surface area contributed by atoms with Crippen molar-refractivity contribution in [1.82, 2.24) is 0 Å². The number of rotatable bonds is 3. The van der Waals surface area contributed by atoms with Crippen LogP contribution >= 0.6 is 7.82 Å². The number of hydrogen-bond acceptors (Lipinski definition) is 4. The Bertz CT molecular complexity index is 400. The molecule has 1 rings (SSSR count). The van der Waals surface area contributed by atoms with Crippen molar-refractivity contribution in [3.8, 4) is 5.75 Å². The van der Waals surface area contributed by atoms with Crippen molar-refractivity contribution in [3.63, 3.8) is 0 Å².